The average molecular weight is 319 g/mol. The summed E-state index contributed by atoms with van der Waals surface area (Å²) >= 11 is 0. The molecule has 1 aliphatic rings. The zero-order valence-electron chi connectivity index (χ0n) is 14.9. The summed E-state index contributed by atoms with van der Waals surface area (Å²) in [5.74, 6) is 1.05. The van der Waals surface area contributed by atoms with Crippen molar-refractivity contribution in [2.45, 2.75) is 59.3 Å². The van der Waals surface area contributed by atoms with Crippen LogP contribution in [0.4, 0.5) is 4.39 Å². The third kappa shape index (κ3) is 5.05. The maximum absolute atomic E-state index is 13.0. The first-order valence-corrected chi connectivity index (χ1v) is 8.80. The highest BCUT2D eigenvalue weighted by molar-refractivity contribution is 5.78. The summed E-state index contributed by atoms with van der Waals surface area (Å²) in [5, 5.41) is 3.09. The molecule has 0 spiro atoms. The highest BCUT2D eigenvalue weighted by Crippen LogP contribution is 2.39. The number of halogens is 1. The highest BCUT2D eigenvalue weighted by Gasteiger charge is 2.32. The van der Waals surface area contributed by atoms with Gasteiger partial charge in [0.25, 0.3) is 0 Å². The van der Waals surface area contributed by atoms with Crippen LogP contribution >= 0.6 is 0 Å². The van der Waals surface area contributed by atoms with Gasteiger partial charge in [0.05, 0.1) is 0 Å². The Hall–Kier alpha value is -1.38. The average Bonchev–Trinajstić information content (AvgIpc) is 2.52. The summed E-state index contributed by atoms with van der Waals surface area (Å²) < 4.78 is 13.0. The smallest absolute Gasteiger partial charge is 0.223 e. The zero-order valence-corrected chi connectivity index (χ0v) is 14.9. The van der Waals surface area contributed by atoms with Crippen LogP contribution in [0.2, 0.25) is 0 Å². The van der Waals surface area contributed by atoms with Gasteiger partial charge in [-0.15, -0.1) is 0 Å². The van der Waals surface area contributed by atoms with Gasteiger partial charge in [0, 0.05) is 12.5 Å². The van der Waals surface area contributed by atoms with Crippen molar-refractivity contribution in [1.29, 1.82) is 0 Å². The van der Waals surface area contributed by atoms with Crippen LogP contribution in [0.15, 0.2) is 24.3 Å². The summed E-state index contributed by atoms with van der Waals surface area (Å²) in [5.41, 5.74) is 1.40. The molecular weight excluding hydrogens is 289 g/mol. The molecule has 3 heteroatoms. The topological polar surface area (TPSA) is 29.1 Å². The Balaban J connectivity index is 1.78. The van der Waals surface area contributed by atoms with Gasteiger partial charge in [0.2, 0.25) is 5.91 Å². The Morgan fingerprint density at radius 1 is 1.17 bits per heavy atom. The molecule has 0 radical (unpaired) electrons. The third-order valence-electron chi connectivity index (χ3n) is 5.34. The molecule has 0 aromatic heterocycles. The van der Waals surface area contributed by atoms with E-state index in [1.807, 2.05) is 0 Å². The number of carbonyl (C=O) groups is 1. The van der Waals surface area contributed by atoms with Gasteiger partial charge < -0.3 is 5.32 Å². The number of hydrogen-bond donors (Lipinski definition) is 1. The number of benzene rings is 1. The van der Waals surface area contributed by atoms with Crippen molar-refractivity contribution in [1.82, 2.24) is 5.32 Å². The molecule has 1 amide bonds. The number of amides is 1. The summed E-state index contributed by atoms with van der Waals surface area (Å²) in [6.07, 6.45) is 4.29. The van der Waals surface area contributed by atoms with Crippen molar-refractivity contribution < 1.29 is 9.18 Å². The fraction of sp³-hybridized carbons (Fsp3) is 0.650. The lowest BCUT2D eigenvalue weighted by molar-refractivity contribution is -0.126. The van der Waals surface area contributed by atoms with Gasteiger partial charge in [-0.25, -0.2) is 4.39 Å². The third-order valence-corrected chi connectivity index (χ3v) is 5.34. The molecule has 1 saturated carbocycles. The van der Waals surface area contributed by atoms with E-state index in [0.717, 1.165) is 37.2 Å². The molecule has 23 heavy (non-hydrogen) atoms. The molecule has 0 bridgehead atoms. The Morgan fingerprint density at radius 2 is 1.74 bits per heavy atom. The van der Waals surface area contributed by atoms with E-state index < -0.39 is 0 Å². The van der Waals surface area contributed by atoms with Gasteiger partial charge in [0.1, 0.15) is 5.82 Å². The van der Waals surface area contributed by atoms with Crippen LogP contribution in [0.5, 0.6) is 0 Å². The fourth-order valence-corrected chi connectivity index (χ4v) is 3.53. The van der Waals surface area contributed by atoms with E-state index in [1.54, 1.807) is 12.1 Å². The molecule has 2 nitrogen and oxygen atoms in total. The van der Waals surface area contributed by atoms with Crippen LogP contribution in [0.1, 0.15) is 64.9 Å². The maximum Gasteiger partial charge on any atom is 0.223 e. The van der Waals surface area contributed by atoms with Crippen LogP contribution in [0.3, 0.4) is 0 Å². The van der Waals surface area contributed by atoms with Crippen LogP contribution in [-0.4, -0.2) is 12.5 Å². The first-order chi connectivity index (χ1) is 10.8. The van der Waals surface area contributed by atoms with E-state index in [0.29, 0.717) is 12.0 Å². The Labute approximate surface area is 139 Å². The van der Waals surface area contributed by atoms with Gasteiger partial charge in [-0.3, -0.25) is 4.79 Å². The lowest BCUT2D eigenvalue weighted by Gasteiger charge is -2.36. The van der Waals surface area contributed by atoms with E-state index in [1.165, 1.54) is 12.1 Å². The van der Waals surface area contributed by atoms with Crippen molar-refractivity contribution in [3.63, 3.8) is 0 Å². The normalized spacial score (nSPS) is 23.3. The molecule has 1 aliphatic carbocycles. The molecule has 0 aliphatic heterocycles. The van der Waals surface area contributed by atoms with Crippen LogP contribution in [0.25, 0.3) is 0 Å². The Bertz CT molecular complexity index is 509. The molecule has 1 fully saturated rings. The summed E-state index contributed by atoms with van der Waals surface area (Å²) in [7, 11) is 0. The number of hydrogen-bond acceptors (Lipinski definition) is 1. The lowest BCUT2D eigenvalue weighted by Crippen LogP contribution is -2.36. The van der Waals surface area contributed by atoms with Crippen LogP contribution in [0, 0.1) is 23.1 Å². The first-order valence-electron chi connectivity index (χ1n) is 8.80. The first kappa shape index (κ1) is 18.0. The summed E-state index contributed by atoms with van der Waals surface area (Å²) in [4.78, 5) is 12.4. The minimum atomic E-state index is -0.222. The van der Waals surface area contributed by atoms with Gasteiger partial charge >= 0.3 is 0 Å². The molecule has 128 valence electrons. The van der Waals surface area contributed by atoms with E-state index >= 15 is 0 Å². The molecule has 2 rings (SSSR count). The molecule has 1 N–H and O–H groups in total. The Kier molecular flexibility index (Phi) is 5.83. The quantitative estimate of drug-likeness (QED) is 0.840. The fourth-order valence-electron chi connectivity index (χ4n) is 3.53. The molecule has 1 atom stereocenters. The summed E-state index contributed by atoms with van der Waals surface area (Å²) in [6, 6.07) is 6.53. The standard InChI is InChI=1S/C20H30FNO/c1-14(15-7-11-18(21)12-8-15)13-22-19(23)16-5-9-17(10-6-16)20(2,3)4/h7-8,11-12,14,16-17H,5-6,9-10,13H2,1-4H3,(H,22,23). The zero-order chi connectivity index (χ0) is 17.0. The summed E-state index contributed by atoms with van der Waals surface area (Å²) in [6.45, 7) is 9.56. The van der Waals surface area contributed by atoms with E-state index in [4.69, 9.17) is 0 Å². The second-order valence-corrected chi connectivity index (χ2v) is 8.11. The van der Waals surface area contributed by atoms with Crippen molar-refractivity contribution in [2.75, 3.05) is 6.54 Å². The predicted molar refractivity (Wildman–Crippen MR) is 92.7 cm³/mol. The predicted octanol–water partition coefficient (Wildman–Crippen LogP) is 4.90. The minimum Gasteiger partial charge on any atom is -0.355 e. The monoisotopic (exact) mass is 319 g/mol. The van der Waals surface area contributed by atoms with Crippen molar-refractivity contribution in [3.05, 3.63) is 35.6 Å². The SMILES string of the molecule is CC(CNC(=O)C1CCC(C(C)(C)C)CC1)c1ccc(F)cc1. The van der Waals surface area contributed by atoms with E-state index in [2.05, 4.69) is 33.0 Å². The van der Waals surface area contributed by atoms with Gasteiger partial charge in [-0.2, -0.15) is 0 Å². The molecule has 1 unspecified atom stereocenters. The second-order valence-electron chi connectivity index (χ2n) is 8.11. The van der Waals surface area contributed by atoms with Gasteiger partial charge in [0.15, 0.2) is 0 Å². The molecule has 0 heterocycles. The largest absolute Gasteiger partial charge is 0.355 e. The maximum atomic E-state index is 13.0. The number of rotatable bonds is 4. The lowest BCUT2D eigenvalue weighted by atomic mass is 9.69. The van der Waals surface area contributed by atoms with Gasteiger partial charge in [-0.1, -0.05) is 39.8 Å². The van der Waals surface area contributed by atoms with E-state index in [-0.39, 0.29) is 23.6 Å². The number of nitrogens with one attached hydrogen (secondary N) is 1. The van der Waals surface area contributed by atoms with Crippen LogP contribution < -0.4 is 5.32 Å². The Morgan fingerprint density at radius 3 is 2.26 bits per heavy atom. The molecule has 0 saturated heterocycles. The van der Waals surface area contributed by atoms with Crippen LogP contribution in [-0.2, 0) is 4.79 Å². The van der Waals surface area contributed by atoms with Gasteiger partial charge in [-0.05, 0) is 60.6 Å². The minimum absolute atomic E-state index is 0.161. The van der Waals surface area contributed by atoms with Crippen molar-refractivity contribution in [2.24, 2.45) is 17.3 Å². The van der Waals surface area contributed by atoms with E-state index in [9.17, 15) is 9.18 Å². The molecular formula is C20H30FNO. The van der Waals surface area contributed by atoms with Crippen molar-refractivity contribution in [3.8, 4) is 0 Å². The molecule has 1 aromatic carbocycles. The second kappa shape index (κ2) is 7.46. The van der Waals surface area contributed by atoms with Crippen molar-refractivity contribution >= 4 is 5.91 Å². The highest BCUT2D eigenvalue weighted by atomic mass is 19.1. The number of carbonyl (C=O) groups excluding carboxylic acids is 1. The molecule has 1 aromatic rings.